The smallest absolute Gasteiger partial charge is 0.338 e. The summed E-state index contributed by atoms with van der Waals surface area (Å²) in [5.41, 5.74) is 1.81. The molecule has 260 valence electrons. The maximum Gasteiger partial charge on any atom is 0.338 e. The molecule has 0 spiro atoms. The number of amides is 1. The van der Waals surface area contributed by atoms with Crippen LogP contribution in [0.4, 0.5) is 4.39 Å². The highest BCUT2D eigenvalue weighted by Crippen LogP contribution is 2.77. The molecule has 5 aliphatic carbocycles. The van der Waals surface area contributed by atoms with Gasteiger partial charge in [-0.2, -0.15) is 0 Å². The monoisotopic (exact) mass is 648 g/mol. The van der Waals surface area contributed by atoms with Gasteiger partial charge in [0.1, 0.15) is 5.82 Å². The van der Waals surface area contributed by atoms with Gasteiger partial charge in [-0.05, 0) is 152 Å². The van der Waals surface area contributed by atoms with E-state index in [1.807, 2.05) is 0 Å². The zero-order chi connectivity index (χ0) is 34.3. The summed E-state index contributed by atoms with van der Waals surface area (Å²) in [5, 5.41) is 12.8. The summed E-state index contributed by atoms with van der Waals surface area (Å²) in [6.07, 6.45) is 12.4. The Kier molecular flexibility index (Phi) is 8.62. The van der Waals surface area contributed by atoms with E-state index in [9.17, 15) is 19.1 Å². The van der Waals surface area contributed by atoms with Crippen molar-refractivity contribution in [2.75, 3.05) is 27.2 Å². The minimum atomic E-state index is -1.23. The van der Waals surface area contributed by atoms with Crippen molar-refractivity contribution in [3.8, 4) is 0 Å². The molecule has 4 saturated carbocycles. The first-order valence-electron chi connectivity index (χ1n) is 18.6. The van der Waals surface area contributed by atoms with Gasteiger partial charge in [0.25, 0.3) is 0 Å². The summed E-state index contributed by atoms with van der Waals surface area (Å²) < 4.78 is 14.9. The third kappa shape index (κ3) is 4.99. The Bertz CT molecular complexity index is 1450. The van der Waals surface area contributed by atoms with E-state index in [0.717, 1.165) is 56.3 Å². The predicted octanol–water partition coefficient (Wildman–Crippen LogP) is 8.93. The van der Waals surface area contributed by atoms with Gasteiger partial charge in [-0.25, -0.2) is 9.18 Å². The maximum atomic E-state index is 14.9. The number of hydrogen-bond acceptors (Lipinski definition) is 3. The van der Waals surface area contributed by atoms with Gasteiger partial charge in [0.15, 0.2) is 0 Å². The number of likely N-dealkylation sites (N-methyl/N-ethyl adjacent to an activating group) is 1. The molecule has 6 rings (SSSR count). The molecule has 0 unspecified atom stereocenters. The largest absolute Gasteiger partial charge is 0.478 e. The van der Waals surface area contributed by atoms with Crippen LogP contribution in [0.2, 0.25) is 0 Å². The fourth-order valence-corrected chi connectivity index (χ4v) is 13.3. The number of benzene rings is 1. The normalized spacial score (nSPS) is 40.6. The lowest BCUT2D eigenvalue weighted by Crippen LogP contribution is -2.66. The molecule has 0 radical (unpaired) electrons. The summed E-state index contributed by atoms with van der Waals surface area (Å²) in [5.74, 6) is 1.66. The van der Waals surface area contributed by atoms with E-state index < -0.39 is 11.8 Å². The summed E-state index contributed by atoms with van der Waals surface area (Å²) in [4.78, 5) is 27.9. The molecule has 2 N–H and O–H groups in total. The van der Waals surface area contributed by atoms with E-state index in [-0.39, 0.29) is 32.6 Å². The lowest BCUT2D eigenvalue weighted by molar-refractivity contribution is -0.227. The average molecular weight is 649 g/mol. The molecule has 1 amide bonds. The molecule has 5 nitrogen and oxygen atoms in total. The van der Waals surface area contributed by atoms with Gasteiger partial charge in [-0.15, -0.1) is 0 Å². The second kappa shape index (κ2) is 11.7. The van der Waals surface area contributed by atoms with E-state index >= 15 is 0 Å². The molecule has 5 aliphatic rings. The van der Waals surface area contributed by atoms with Crippen molar-refractivity contribution in [2.24, 2.45) is 62.6 Å². The third-order valence-corrected chi connectivity index (χ3v) is 15.7. The Morgan fingerprint density at radius 3 is 2.32 bits per heavy atom. The van der Waals surface area contributed by atoms with E-state index in [2.05, 4.69) is 78.9 Å². The Labute approximate surface area is 283 Å². The number of hydrogen-bond donors (Lipinski definition) is 2. The molecule has 0 aliphatic heterocycles. The molecule has 0 aromatic heterocycles. The van der Waals surface area contributed by atoms with Crippen LogP contribution in [0.15, 0.2) is 24.3 Å². The molecule has 6 heteroatoms. The minimum absolute atomic E-state index is 0.124. The average Bonchev–Trinajstić information content (AvgIpc) is 3.38. The molecule has 4 fully saturated rings. The highest BCUT2D eigenvalue weighted by Gasteiger charge is 2.71. The zero-order valence-electron chi connectivity index (χ0n) is 30.6. The molecule has 1 aromatic carbocycles. The minimum Gasteiger partial charge on any atom is -0.478 e. The lowest BCUT2D eigenvalue weighted by Gasteiger charge is -2.72. The van der Waals surface area contributed by atoms with E-state index in [0.29, 0.717) is 41.4 Å². The number of fused-ring (bicyclic) bond motifs is 7. The van der Waals surface area contributed by atoms with Gasteiger partial charge >= 0.3 is 5.97 Å². The van der Waals surface area contributed by atoms with Crippen molar-refractivity contribution in [1.82, 2.24) is 10.2 Å². The van der Waals surface area contributed by atoms with Crippen molar-refractivity contribution < 1.29 is 19.1 Å². The molecular formula is C41H61FN2O3. The predicted molar refractivity (Wildman–Crippen MR) is 187 cm³/mol. The maximum absolute atomic E-state index is 14.9. The standard InChI is InChI=1S/C41H61FN2O3/c1-25(2)27-14-19-41(36(47)43-22-23-44(8)9)21-20-39(6)30(34(27)41)12-13-33-38(5)17-15-29(26-10-11-28(35(45)46)31(42)24-26)37(3,4)32(38)16-18-40(33,39)7/h10-11,15,24-25,27,30,32-34H,12-14,16-23H2,1-9H3,(H,43,47)(H,45,46)/t27-,30+,32-,33+,34+,38-,39+,40+,41-/m0/s1. The number of carbonyl (C=O) groups excluding carboxylic acids is 1. The number of carbonyl (C=O) groups is 2. The Morgan fingerprint density at radius 2 is 1.68 bits per heavy atom. The molecule has 9 atom stereocenters. The molecule has 0 heterocycles. The fraction of sp³-hybridized carbons (Fsp3) is 0.756. The fourth-order valence-electron chi connectivity index (χ4n) is 13.3. The number of halogens is 1. The quantitative estimate of drug-likeness (QED) is 0.310. The number of carboxylic acid groups (broad SMARTS) is 1. The van der Waals surface area contributed by atoms with Crippen LogP contribution >= 0.6 is 0 Å². The second-order valence-electron chi connectivity index (χ2n) is 18.4. The lowest BCUT2D eigenvalue weighted by atomic mass is 9.32. The summed E-state index contributed by atoms with van der Waals surface area (Å²) in [6, 6.07) is 4.67. The van der Waals surface area contributed by atoms with Crippen LogP contribution in [0.25, 0.3) is 5.57 Å². The number of nitrogens with one attached hydrogen (secondary N) is 1. The van der Waals surface area contributed by atoms with Crippen molar-refractivity contribution in [1.29, 1.82) is 0 Å². The summed E-state index contributed by atoms with van der Waals surface area (Å²) in [6.45, 7) is 18.9. The van der Waals surface area contributed by atoms with Gasteiger partial charge in [0.2, 0.25) is 5.91 Å². The summed E-state index contributed by atoms with van der Waals surface area (Å²) in [7, 11) is 4.14. The van der Waals surface area contributed by atoms with E-state index in [4.69, 9.17) is 0 Å². The van der Waals surface area contributed by atoms with Crippen molar-refractivity contribution in [3.63, 3.8) is 0 Å². The number of nitrogens with zero attached hydrogens (tertiary/aromatic N) is 1. The number of carboxylic acids is 1. The highest BCUT2D eigenvalue weighted by atomic mass is 19.1. The van der Waals surface area contributed by atoms with Gasteiger partial charge in [-0.3, -0.25) is 4.79 Å². The van der Waals surface area contributed by atoms with Gasteiger partial charge in [0.05, 0.1) is 11.0 Å². The number of aromatic carboxylic acids is 1. The van der Waals surface area contributed by atoms with E-state index in [1.165, 1.54) is 37.8 Å². The Morgan fingerprint density at radius 1 is 0.957 bits per heavy atom. The summed E-state index contributed by atoms with van der Waals surface area (Å²) >= 11 is 0. The highest BCUT2D eigenvalue weighted by molar-refractivity contribution is 5.88. The molecule has 0 saturated heterocycles. The molecule has 47 heavy (non-hydrogen) atoms. The van der Waals surface area contributed by atoms with Crippen molar-refractivity contribution in [3.05, 3.63) is 41.2 Å². The van der Waals surface area contributed by atoms with Crippen LogP contribution in [0, 0.1) is 68.4 Å². The SMILES string of the molecule is CC(C)[C@@H]1CC[C@]2(C(=O)NCCN(C)C)CC[C@]3(C)[C@H](CC[C@@H]4[C@@]5(C)CC=C(c6ccc(C(=O)O)c(F)c6)C(C)(C)[C@@H]5CC[C@]43C)[C@@H]12. The first kappa shape index (κ1) is 34.6. The van der Waals surface area contributed by atoms with Crippen LogP contribution in [0.3, 0.4) is 0 Å². The Hall–Kier alpha value is -2.21. The first-order chi connectivity index (χ1) is 21.9. The van der Waals surface area contributed by atoms with Crippen LogP contribution in [0.5, 0.6) is 0 Å². The van der Waals surface area contributed by atoms with Gasteiger partial charge in [0, 0.05) is 13.1 Å². The van der Waals surface area contributed by atoms with Gasteiger partial charge < -0.3 is 15.3 Å². The van der Waals surface area contributed by atoms with Crippen LogP contribution in [-0.4, -0.2) is 49.1 Å². The van der Waals surface area contributed by atoms with Crippen LogP contribution < -0.4 is 5.32 Å². The Balaban J connectivity index is 1.33. The van der Waals surface area contributed by atoms with Gasteiger partial charge in [-0.1, -0.05) is 60.6 Å². The van der Waals surface area contributed by atoms with Crippen LogP contribution in [0.1, 0.15) is 122 Å². The zero-order valence-corrected chi connectivity index (χ0v) is 30.6. The van der Waals surface area contributed by atoms with E-state index in [1.54, 1.807) is 6.07 Å². The number of rotatable bonds is 7. The van der Waals surface area contributed by atoms with Crippen molar-refractivity contribution in [2.45, 2.75) is 106 Å². The third-order valence-electron chi connectivity index (χ3n) is 15.7. The molecule has 1 aromatic rings. The molecular weight excluding hydrogens is 587 g/mol. The first-order valence-corrected chi connectivity index (χ1v) is 18.6. The van der Waals surface area contributed by atoms with Crippen molar-refractivity contribution >= 4 is 17.4 Å². The number of allylic oxidation sites excluding steroid dienone is 2. The topological polar surface area (TPSA) is 69.6 Å². The van der Waals surface area contributed by atoms with Crippen LogP contribution in [-0.2, 0) is 4.79 Å². The molecule has 0 bridgehead atoms. The second-order valence-corrected chi connectivity index (χ2v) is 18.4.